The molecule has 1 rings (SSSR count). The van der Waals surface area contributed by atoms with E-state index in [0.717, 1.165) is 12.8 Å². The Hall–Kier alpha value is -2.24. The smallest absolute Gasteiger partial charge is 0.319 e. The number of benzene rings is 1. The van der Waals surface area contributed by atoms with E-state index in [4.69, 9.17) is 9.84 Å². The highest BCUT2D eigenvalue weighted by Crippen LogP contribution is 2.23. The van der Waals surface area contributed by atoms with Crippen LogP contribution in [0.4, 0.5) is 10.5 Å². The summed E-state index contributed by atoms with van der Waals surface area (Å²) < 4.78 is 5.58. The van der Waals surface area contributed by atoms with Crippen LogP contribution in [0.15, 0.2) is 24.3 Å². The maximum Gasteiger partial charge on any atom is 0.319 e. The van der Waals surface area contributed by atoms with Crippen LogP contribution in [0, 0.1) is 0 Å². The third kappa shape index (κ3) is 6.08. The van der Waals surface area contributed by atoms with Crippen LogP contribution in [0.3, 0.4) is 0 Å². The number of aliphatic carboxylic acids is 1. The lowest BCUT2D eigenvalue weighted by Crippen LogP contribution is -2.30. The van der Waals surface area contributed by atoms with Gasteiger partial charge in [-0.05, 0) is 18.6 Å². The standard InChI is InChI=1S/C14H20N2O4/c1-2-3-10-20-12-7-5-4-6-11(12)16-14(19)15-9-8-13(17)18/h4-7H,2-3,8-10H2,1H3,(H,17,18)(H2,15,16,19). The van der Waals surface area contributed by atoms with Crippen LogP contribution >= 0.6 is 0 Å². The lowest BCUT2D eigenvalue weighted by atomic mass is 10.3. The van der Waals surface area contributed by atoms with Crippen molar-refractivity contribution in [1.82, 2.24) is 5.32 Å². The number of rotatable bonds is 8. The Labute approximate surface area is 118 Å². The number of nitrogens with one attached hydrogen (secondary N) is 2. The Balaban J connectivity index is 2.49. The van der Waals surface area contributed by atoms with E-state index in [-0.39, 0.29) is 13.0 Å². The van der Waals surface area contributed by atoms with Crippen LogP contribution in [0.25, 0.3) is 0 Å². The summed E-state index contributed by atoms with van der Waals surface area (Å²) in [6.07, 6.45) is 1.87. The molecule has 0 fully saturated rings. The molecule has 0 aromatic heterocycles. The van der Waals surface area contributed by atoms with E-state index in [0.29, 0.717) is 18.0 Å². The molecular formula is C14H20N2O4. The first-order valence-electron chi connectivity index (χ1n) is 6.62. The first-order valence-corrected chi connectivity index (χ1v) is 6.62. The van der Waals surface area contributed by atoms with E-state index >= 15 is 0 Å². The number of anilines is 1. The average molecular weight is 280 g/mol. The van der Waals surface area contributed by atoms with Gasteiger partial charge in [0.25, 0.3) is 0 Å². The van der Waals surface area contributed by atoms with Crippen molar-refractivity contribution in [3.63, 3.8) is 0 Å². The molecule has 1 aromatic rings. The van der Waals surface area contributed by atoms with Gasteiger partial charge in [-0.15, -0.1) is 0 Å². The summed E-state index contributed by atoms with van der Waals surface area (Å²) >= 11 is 0. The van der Waals surface area contributed by atoms with Crippen molar-refractivity contribution in [2.24, 2.45) is 0 Å². The van der Waals surface area contributed by atoms with Crippen molar-refractivity contribution in [3.8, 4) is 5.75 Å². The van der Waals surface area contributed by atoms with Gasteiger partial charge < -0.3 is 20.5 Å². The topological polar surface area (TPSA) is 87.7 Å². The molecule has 6 heteroatoms. The molecule has 1 aromatic carbocycles. The van der Waals surface area contributed by atoms with E-state index in [1.54, 1.807) is 18.2 Å². The van der Waals surface area contributed by atoms with Gasteiger partial charge in [0.1, 0.15) is 5.75 Å². The second kappa shape index (κ2) is 8.79. The molecule has 0 saturated heterocycles. The number of carboxylic acids is 1. The van der Waals surface area contributed by atoms with Gasteiger partial charge in [0, 0.05) is 6.54 Å². The van der Waals surface area contributed by atoms with Gasteiger partial charge in [-0.1, -0.05) is 25.5 Å². The van der Waals surface area contributed by atoms with Gasteiger partial charge in [-0.2, -0.15) is 0 Å². The Bertz CT molecular complexity index is 449. The summed E-state index contributed by atoms with van der Waals surface area (Å²) in [6, 6.07) is 6.69. The zero-order valence-corrected chi connectivity index (χ0v) is 11.5. The number of carboxylic acid groups (broad SMARTS) is 1. The van der Waals surface area contributed by atoms with Gasteiger partial charge in [-0.3, -0.25) is 4.79 Å². The van der Waals surface area contributed by atoms with Gasteiger partial charge in [0.05, 0.1) is 18.7 Å². The molecule has 3 N–H and O–H groups in total. The molecule has 0 spiro atoms. The number of ether oxygens (including phenoxy) is 1. The Morgan fingerprint density at radius 3 is 2.75 bits per heavy atom. The molecule has 0 aliphatic heterocycles. The van der Waals surface area contributed by atoms with Crippen LogP contribution < -0.4 is 15.4 Å². The Morgan fingerprint density at radius 1 is 1.30 bits per heavy atom. The predicted octanol–water partition coefficient (Wildman–Crippen LogP) is 2.46. The maximum absolute atomic E-state index is 11.6. The molecule has 110 valence electrons. The van der Waals surface area contributed by atoms with Crippen molar-refractivity contribution in [1.29, 1.82) is 0 Å². The molecule has 0 unspecified atom stereocenters. The first kappa shape index (κ1) is 15.8. The largest absolute Gasteiger partial charge is 0.491 e. The zero-order chi connectivity index (χ0) is 14.8. The van der Waals surface area contributed by atoms with Gasteiger partial charge >= 0.3 is 12.0 Å². The molecule has 0 atom stereocenters. The fraction of sp³-hybridized carbons (Fsp3) is 0.429. The third-order valence-corrected chi connectivity index (χ3v) is 2.52. The van der Waals surface area contributed by atoms with Gasteiger partial charge in [0.15, 0.2) is 0 Å². The number of urea groups is 1. The van der Waals surface area contributed by atoms with E-state index in [2.05, 4.69) is 17.6 Å². The highest BCUT2D eigenvalue weighted by molar-refractivity contribution is 5.91. The number of carbonyl (C=O) groups is 2. The lowest BCUT2D eigenvalue weighted by molar-refractivity contribution is -0.136. The van der Waals surface area contributed by atoms with E-state index in [1.807, 2.05) is 6.07 Å². The van der Waals surface area contributed by atoms with Crippen molar-refractivity contribution in [2.45, 2.75) is 26.2 Å². The minimum atomic E-state index is -0.950. The highest BCUT2D eigenvalue weighted by atomic mass is 16.5. The van der Waals surface area contributed by atoms with Crippen molar-refractivity contribution < 1.29 is 19.4 Å². The molecule has 0 saturated carbocycles. The van der Waals surface area contributed by atoms with Gasteiger partial charge in [0.2, 0.25) is 0 Å². The summed E-state index contributed by atoms with van der Waals surface area (Å²) in [6.45, 7) is 2.75. The molecule has 6 nitrogen and oxygen atoms in total. The van der Waals surface area contributed by atoms with Crippen molar-refractivity contribution in [3.05, 3.63) is 24.3 Å². The normalized spacial score (nSPS) is 9.85. The molecular weight excluding hydrogens is 260 g/mol. The van der Waals surface area contributed by atoms with E-state index < -0.39 is 12.0 Å². The molecule has 0 aliphatic carbocycles. The second-order valence-electron chi connectivity index (χ2n) is 4.22. The van der Waals surface area contributed by atoms with Crippen LogP contribution in [0.1, 0.15) is 26.2 Å². The van der Waals surface area contributed by atoms with Gasteiger partial charge in [-0.25, -0.2) is 4.79 Å². The number of hydrogen-bond acceptors (Lipinski definition) is 3. The fourth-order valence-electron chi connectivity index (χ4n) is 1.47. The third-order valence-electron chi connectivity index (χ3n) is 2.52. The predicted molar refractivity (Wildman–Crippen MR) is 76.1 cm³/mol. The van der Waals surface area contributed by atoms with Crippen LogP contribution in [-0.4, -0.2) is 30.3 Å². The quantitative estimate of drug-likeness (QED) is 0.638. The maximum atomic E-state index is 11.6. The fourth-order valence-corrected chi connectivity index (χ4v) is 1.47. The van der Waals surface area contributed by atoms with Crippen LogP contribution in [0.5, 0.6) is 5.75 Å². The molecule has 0 aliphatic rings. The van der Waals surface area contributed by atoms with E-state index in [9.17, 15) is 9.59 Å². The molecule has 0 bridgehead atoms. The van der Waals surface area contributed by atoms with Crippen molar-refractivity contribution >= 4 is 17.7 Å². The number of hydrogen-bond donors (Lipinski definition) is 3. The van der Waals surface area contributed by atoms with Crippen LogP contribution in [0.2, 0.25) is 0 Å². The Morgan fingerprint density at radius 2 is 2.05 bits per heavy atom. The number of amides is 2. The minimum absolute atomic E-state index is 0.0834. The average Bonchev–Trinajstić information content (AvgIpc) is 2.40. The van der Waals surface area contributed by atoms with Crippen molar-refractivity contribution in [2.75, 3.05) is 18.5 Å². The Kier molecular flexibility index (Phi) is 6.95. The summed E-state index contributed by atoms with van der Waals surface area (Å²) in [5.74, 6) is -0.345. The minimum Gasteiger partial charge on any atom is -0.491 e. The molecule has 2 amide bonds. The summed E-state index contributed by atoms with van der Waals surface area (Å²) in [4.78, 5) is 22.0. The number of carbonyl (C=O) groups excluding carboxylic acids is 1. The molecule has 0 heterocycles. The summed E-state index contributed by atoms with van der Waals surface area (Å²) in [5.41, 5.74) is 0.566. The van der Waals surface area contributed by atoms with Crippen LogP contribution in [-0.2, 0) is 4.79 Å². The lowest BCUT2D eigenvalue weighted by Gasteiger charge is -2.12. The monoisotopic (exact) mass is 280 g/mol. The highest BCUT2D eigenvalue weighted by Gasteiger charge is 2.07. The zero-order valence-electron chi connectivity index (χ0n) is 11.5. The number of para-hydroxylation sites is 2. The summed E-state index contributed by atoms with van der Waals surface area (Å²) in [7, 11) is 0. The van der Waals surface area contributed by atoms with E-state index in [1.165, 1.54) is 0 Å². The number of unbranched alkanes of at least 4 members (excludes halogenated alkanes) is 1. The first-order chi connectivity index (χ1) is 9.63. The second-order valence-corrected chi connectivity index (χ2v) is 4.22. The summed E-state index contributed by atoms with van der Waals surface area (Å²) in [5, 5.41) is 13.6. The molecule has 0 radical (unpaired) electrons. The SMILES string of the molecule is CCCCOc1ccccc1NC(=O)NCCC(=O)O. The molecule has 20 heavy (non-hydrogen) atoms.